The van der Waals surface area contributed by atoms with Crippen LogP contribution in [-0.4, -0.2) is 48.9 Å². The Labute approximate surface area is 215 Å². The molecule has 0 spiro atoms. The molecular weight excluding hydrogens is 455 g/mol. The summed E-state index contributed by atoms with van der Waals surface area (Å²) in [6, 6.07) is 17.4. The third-order valence-electron chi connectivity index (χ3n) is 6.25. The monoisotopic (exact) mass is 494 g/mol. The molecule has 2 aromatic carbocycles. The zero-order chi connectivity index (χ0) is 26.7. The van der Waals surface area contributed by atoms with E-state index in [1.54, 1.807) is 6.82 Å². The molecule has 0 aliphatic rings. The van der Waals surface area contributed by atoms with Crippen LogP contribution < -0.4 is 10.5 Å². The van der Waals surface area contributed by atoms with Gasteiger partial charge < -0.3 is 20.3 Å². The molecule has 0 aliphatic heterocycles. The number of methoxy groups -OCH3 is 1. The summed E-state index contributed by atoms with van der Waals surface area (Å²) < 4.78 is 4.94. The fourth-order valence-electron chi connectivity index (χ4n) is 4.40. The number of hydrogen-bond donors (Lipinski definition) is 3. The fraction of sp³-hybridized carbons (Fsp3) is 0.464. The van der Waals surface area contributed by atoms with Crippen molar-refractivity contribution in [1.82, 2.24) is 10.5 Å². The number of ketones is 1. The zero-order valence-electron chi connectivity index (χ0n) is 21.9. The minimum atomic E-state index is -0.926. The summed E-state index contributed by atoms with van der Waals surface area (Å²) in [5, 5.41) is 15.9. The third kappa shape index (κ3) is 9.24. The Hall–Kier alpha value is -2.97. The van der Waals surface area contributed by atoms with Gasteiger partial charge in [-0.25, -0.2) is 0 Å². The Kier molecular flexibility index (Phi) is 11.8. The smallest absolute Gasteiger partial charge is 0.374 e. The van der Waals surface area contributed by atoms with E-state index in [1.807, 2.05) is 81.4 Å². The Bertz CT molecular complexity index is 968. The molecule has 8 heteroatoms. The molecule has 0 saturated heterocycles. The number of carbonyl (C=O) groups excluding carboxylic acids is 3. The lowest BCUT2D eigenvalue weighted by atomic mass is 9.82. The van der Waals surface area contributed by atoms with E-state index in [4.69, 9.17) is 4.74 Å². The summed E-state index contributed by atoms with van der Waals surface area (Å²) in [5.41, 5.74) is 1.82. The van der Waals surface area contributed by atoms with Crippen molar-refractivity contribution in [2.75, 3.05) is 7.11 Å². The summed E-state index contributed by atoms with van der Waals surface area (Å²) in [6.45, 7) is 7.43. The van der Waals surface area contributed by atoms with Gasteiger partial charge in [0.25, 0.3) is 0 Å². The van der Waals surface area contributed by atoms with Crippen molar-refractivity contribution in [2.24, 2.45) is 11.8 Å². The number of ether oxygens (including phenoxy) is 1. The van der Waals surface area contributed by atoms with Crippen molar-refractivity contribution >= 4 is 24.7 Å². The molecule has 2 aromatic rings. The van der Waals surface area contributed by atoms with Crippen molar-refractivity contribution in [3.63, 3.8) is 0 Å². The number of rotatable bonds is 14. The van der Waals surface area contributed by atoms with Gasteiger partial charge in [0.05, 0.1) is 25.1 Å². The Morgan fingerprint density at radius 1 is 0.972 bits per heavy atom. The van der Waals surface area contributed by atoms with Crippen LogP contribution in [0, 0.1) is 11.8 Å². The van der Waals surface area contributed by atoms with Gasteiger partial charge in [0.2, 0.25) is 5.91 Å². The van der Waals surface area contributed by atoms with Crippen molar-refractivity contribution < 1.29 is 24.1 Å². The largest absolute Gasteiger partial charge is 0.469 e. The molecule has 0 aromatic heterocycles. The van der Waals surface area contributed by atoms with Crippen molar-refractivity contribution in [3.8, 4) is 0 Å². The van der Waals surface area contributed by atoms with Crippen LogP contribution in [0.5, 0.6) is 0 Å². The second kappa shape index (κ2) is 14.6. The first-order valence-electron chi connectivity index (χ1n) is 12.6. The van der Waals surface area contributed by atoms with Gasteiger partial charge in [-0.2, -0.15) is 0 Å². The van der Waals surface area contributed by atoms with Crippen LogP contribution in [-0.2, 0) is 25.5 Å². The highest BCUT2D eigenvalue weighted by Gasteiger charge is 2.33. The van der Waals surface area contributed by atoms with E-state index in [1.165, 1.54) is 7.11 Å². The van der Waals surface area contributed by atoms with Gasteiger partial charge in [0, 0.05) is 12.3 Å². The molecule has 36 heavy (non-hydrogen) atoms. The van der Waals surface area contributed by atoms with Crippen LogP contribution in [0.15, 0.2) is 60.7 Å². The predicted molar refractivity (Wildman–Crippen MR) is 142 cm³/mol. The molecule has 4 atom stereocenters. The van der Waals surface area contributed by atoms with Crippen LogP contribution >= 0.6 is 0 Å². The average Bonchev–Trinajstić information content (AvgIpc) is 2.86. The normalized spacial score (nSPS) is 14.4. The molecule has 3 N–H and O–H groups in total. The summed E-state index contributed by atoms with van der Waals surface area (Å²) >= 11 is 0. The Balaban J connectivity index is 2.30. The second-order valence-electron chi connectivity index (χ2n) is 9.79. The molecule has 0 saturated carbocycles. The lowest BCUT2D eigenvalue weighted by molar-refractivity contribution is -0.148. The molecule has 194 valence electrons. The zero-order valence-corrected chi connectivity index (χ0v) is 21.9. The lowest BCUT2D eigenvalue weighted by Gasteiger charge is -2.28. The minimum absolute atomic E-state index is 0.0224. The number of hydrogen-bond acceptors (Lipinski definition) is 6. The molecule has 0 heterocycles. The van der Waals surface area contributed by atoms with Gasteiger partial charge in [-0.1, -0.05) is 81.4 Å². The maximum Gasteiger partial charge on any atom is 0.374 e. The van der Waals surface area contributed by atoms with E-state index in [-0.39, 0.29) is 29.9 Å². The van der Waals surface area contributed by atoms with E-state index in [0.29, 0.717) is 12.8 Å². The van der Waals surface area contributed by atoms with E-state index in [0.717, 1.165) is 11.1 Å². The number of Topliss-reactive ketones (excluding diaryl/α,β-unsaturated/α-hetero) is 1. The summed E-state index contributed by atoms with van der Waals surface area (Å²) in [6.07, 6.45) is 0.787. The van der Waals surface area contributed by atoms with Gasteiger partial charge in [-0.15, -0.1) is 0 Å². The average molecular weight is 494 g/mol. The van der Waals surface area contributed by atoms with E-state index >= 15 is 0 Å². The van der Waals surface area contributed by atoms with Crippen LogP contribution in [0.1, 0.15) is 50.7 Å². The molecule has 0 aliphatic carbocycles. The summed E-state index contributed by atoms with van der Waals surface area (Å²) in [7, 11) is 0.394. The van der Waals surface area contributed by atoms with Crippen LogP contribution in [0.2, 0.25) is 6.82 Å². The summed E-state index contributed by atoms with van der Waals surface area (Å²) in [5.74, 6) is -1.68. The quantitative estimate of drug-likeness (QED) is 0.275. The van der Waals surface area contributed by atoms with Crippen LogP contribution in [0.25, 0.3) is 0 Å². The van der Waals surface area contributed by atoms with Crippen molar-refractivity contribution in [1.29, 1.82) is 0 Å². The van der Waals surface area contributed by atoms with E-state index in [9.17, 15) is 19.4 Å². The molecular formula is C28H39BN2O5. The molecule has 0 radical (unpaired) electrons. The topological polar surface area (TPSA) is 105 Å². The number of nitrogens with one attached hydrogen (secondary N) is 2. The van der Waals surface area contributed by atoms with Crippen LogP contribution in [0.4, 0.5) is 0 Å². The first kappa shape index (κ1) is 29.3. The van der Waals surface area contributed by atoms with Gasteiger partial charge in [0.15, 0.2) is 5.78 Å². The highest BCUT2D eigenvalue weighted by Crippen LogP contribution is 2.22. The number of carbonyl (C=O) groups is 3. The number of benzene rings is 2. The van der Waals surface area contributed by atoms with Gasteiger partial charge in [0.1, 0.15) is 0 Å². The van der Waals surface area contributed by atoms with Gasteiger partial charge >= 0.3 is 13.0 Å². The highest BCUT2D eigenvalue weighted by atomic mass is 16.5. The predicted octanol–water partition coefficient (Wildman–Crippen LogP) is 3.38. The maximum atomic E-state index is 13.5. The van der Waals surface area contributed by atoms with Gasteiger partial charge in [-0.3, -0.25) is 14.4 Å². The van der Waals surface area contributed by atoms with E-state index in [2.05, 4.69) is 10.5 Å². The molecule has 0 fully saturated rings. The fourth-order valence-corrected chi connectivity index (χ4v) is 4.40. The molecule has 0 unspecified atom stereocenters. The van der Waals surface area contributed by atoms with Crippen LogP contribution in [0.3, 0.4) is 0 Å². The standard InChI is InChI=1S/C28H39BN2O5/c1-19(2)16-23(28(34)36-5)18-25(32)24(17-21-12-8-6-9-13-21)30-27(33)26(31-29(4)35)20(3)22-14-10-7-11-15-22/h6-15,19-20,23-24,26,31,35H,16-18H2,1-5H3,(H,30,33)/t20-,23+,24-,26-/m1/s1. The van der Waals surface area contributed by atoms with Gasteiger partial charge in [-0.05, 0) is 36.7 Å². The minimum Gasteiger partial charge on any atom is -0.469 e. The second-order valence-corrected chi connectivity index (χ2v) is 9.79. The SMILES string of the molecule is COC(=O)[C@H](CC(=O)[C@@H](Cc1ccccc1)NC(=O)[C@H](NB(C)O)[C@H](C)c1ccccc1)CC(C)C. The molecule has 0 bridgehead atoms. The number of esters is 1. The van der Waals surface area contributed by atoms with E-state index < -0.39 is 31.0 Å². The summed E-state index contributed by atoms with van der Waals surface area (Å²) in [4.78, 5) is 39.4. The third-order valence-corrected chi connectivity index (χ3v) is 6.25. The Morgan fingerprint density at radius 2 is 1.56 bits per heavy atom. The lowest BCUT2D eigenvalue weighted by Crippen LogP contribution is -2.55. The van der Waals surface area contributed by atoms with Crippen molar-refractivity contribution in [2.45, 2.75) is 64.9 Å². The molecule has 1 amide bonds. The highest BCUT2D eigenvalue weighted by molar-refractivity contribution is 6.46. The first-order valence-corrected chi connectivity index (χ1v) is 12.6. The Morgan fingerprint density at radius 3 is 2.08 bits per heavy atom. The molecule has 2 rings (SSSR count). The first-order chi connectivity index (χ1) is 17.1. The maximum absolute atomic E-state index is 13.5. The van der Waals surface area contributed by atoms with Crippen molar-refractivity contribution in [3.05, 3.63) is 71.8 Å². The number of amides is 1. The molecule has 7 nitrogen and oxygen atoms in total.